The van der Waals surface area contributed by atoms with Crippen LogP contribution in [-0.4, -0.2) is 46.8 Å². The highest BCUT2D eigenvalue weighted by atomic mass is 35.5. The van der Waals surface area contributed by atoms with Gasteiger partial charge in [-0.1, -0.05) is 24.6 Å². The van der Waals surface area contributed by atoms with Gasteiger partial charge in [0.05, 0.1) is 5.69 Å². The molecule has 1 aromatic carbocycles. The number of nitrogens with zero attached hydrogens (tertiary/aromatic N) is 3. The highest BCUT2D eigenvalue weighted by Crippen LogP contribution is 2.16. The largest absolute Gasteiger partial charge is 0.351 e. The minimum atomic E-state index is -0.127. The third-order valence-electron chi connectivity index (χ3n) is 4.96. The lowest BCUT2D eigenvalue weighted by atomic mass is 9.99. The number of unbranched alkanes of at least 4 members (excludes halogenated alkanes) is 1. The van der Waals surface area contributed by atoms with Crippen LogP contribution in [-0.2, 0) is 0 Å². The van der Waals surface area contributed by atoms with Gasteiger partial charge in [-0.3, -0.25) is 4.79 Å². The molecule has 6 heteroatoms. The second-order valence-corrected chi connectivity index (χ2v) is 7.55. The first-order valence-corrected chi connectivity index (χ1v) is 9.82. The van der Waals surface area contributed by atoms with Crippen molar-refractivity contribution < 1.29 is 4.79 Å². The molecule has 3 rings (SSSR count). The molecule has 140 valence electrons. The molecule has 5 nitrogen and oxygen atoms in total. The van der Waals surface area contributed by atoms with Crippen molar-refractivity contribution >= 4 is 17.5 Å². The Kier molecular flexibility index (Phi) is 6.69. The SMILES string of the molecule is CC1CCN(CCCCNC(=O)c2ccn(-c3cccc(Cl)c3)n2)CC1. The van der Waals surface area contributed by atoms with Gasteiger partial charge >= 0.3 is 0 Å². The molecule has 0 saturated carbocycles. The van der Waals surface area contributed by atoms with Gasteiger partial charge in [-0.05, 0) is 75.5 Å². The Hall–Kier alpha value is -1.85. The Balaban J connectivity index is 1.39. The first-order chi connectivity index (χ1) is 12.6. The van der Waals surface area contributed by atoms with Crippen molar-refractivity contribution in [1.29, 1.82) is 0 Å². The fourth-order valence-corrected chi connectivity index (χ4v) is 3.43. The smallest absolute Gasteiger partial charge is 0.271 e. The summed E-state index contributed by atoms with van der Waals surface area (Å²) in [5.74, 6) is 0.745. The van der Waals surface area contributed by atoms with Gasteiger partial charge in [-0.2, -0.15) is 5.10 Å². The first-order valence-electron chi connectivity index (χ1n) is 9.44. The summed E-state index contributed by atoms with van der Waals surface area (Å²) in [5, 5.41) is 7.94. The molecule has 2 heterocycles. The minimum absolute atomic E-state index is 0.127. The van der Waals surface area contributed by atoms with E-state index in [4.69, 9.17) is 11.6 Å². The van der Waals surface area contributed by atoms with Crippen molar-refractivity contribution in [3.63, 3.8) is 0 Å². The molecule has 26 heavy (non-hydrogen) atoms. The van der Waals surface area contributed by atoms with Crippen molar-refractivity contribution in [3.8, 4) is 5.69 Å². The van der Waals surface area contributed by atoms with E-state index in [2.05, 4.69) is 22.2 Å². The molecule has 1 aliphatic rings. The lowest BCUT2D eigenvalue weighted by Gasteiger charge is -2.30. The van der Waals surface area contributed by atoms with Crippen LogP contribution >= 0.6 is 11.6 Å². The van der Waals surface area contributed by atoms with E-state index in [1.165, 1.54) is 25.9 Å². The fraction of sp³-hybridized carbons (Fsp3) is 0.500. The summed E-state index contributed by atoms with van der Waals surface area (Å²) >= 11 is 6.00. The lowest BCUT2D eigenvalue weighted by Crippen LogP contribution is -2.34. The lowest BCUT2D eigenvalue weighted by molar-refractivity contribution is 0.0947. The maximum atomic E-state index is 12.2. The molecule has 1 aromatic heterocycles. The number of amides is 1. The van der Waals surface area contributed by atoms with Gasteiger partial charge in [-0.25, -0.2) is 4.68 Å². The zero-order valence-corrected chi connectivity index (χ0v) is 16.1. The van der Waals surface area contributed by atoms with E-state index in [9.17, 15) is 4.79 Å². The topological polar surface area (TPSA) is 50.2 Å². The predicted octanol–water partition coefficient (Wildman–Crippen LogP) is 3.77. The fourth-order valence-electron chi connectivity index (χ4n) is 3.25. The maximum absolute atomic E-state index is 12.2. The van der Waals surface area contributed by atoms with Crippen molar-refractivity contribution in [2.24, 2.45) is 5.92 Å². The highest BCUT2D eigenvalue weighted by Gasteiger charge is 2.15. The van der Waals surface area contributed by atoms with Gasteiger partial charge < -0.3 is 10.2 Å². The van der Waals surface area contributed by atoms with Crippen LogP contribution in [0.5, 0.6) is 0 Å². The summed E-state index contributed by atoms with van der Waals surface area (Å²) < 4.78 is 1.66. The number of carbonyl (C=O) groups excluding carboxylic acids is 1. The molecule has 0 radical (unpaired) electrons. The molecule has 1 fully saturated rings. The van der Waals surface area contributed by atoms with Crippen LogP contribution in [0.3, 0.4) is 0 Å². The quantitative estimate of drug-likeness (QED) is 0.750. The van der Waals surface area contributed by atoms with E-state index in [0.717, 1.165) is 31.0 Å². The molecule has 1 saturated heterocycles. The number of piperidine rings is 1. The summed E-state index contributed by atoms with van der Waals surface area (Å²) in [5.41, 5.74) is 1.27. The monoisotopic (exact) mass is 374 g/mol. The average molecular weight is 375 g/mol. The maximum Gasteiger partial charge on any atom is 0.271 e. The van der Waals surface area contributed by atoms with Crippen LogP contribution in [0, 0.1) is 5.92 Å². The number of benzene rings is 1. The third kappa shape index (κ3) is 5.32. The Bertz CT molecular complexity index is 722. The standard InChI is InChI=1S/C20H27ClN4O/c1-16-7-12-24(13-8-16)11-3-2-10-22-20(26)19-9-14-25(23-19)18-6-4-5-17(21)15-18/h4-6,9,14-16H,2-3,7-8,10-13H2,1H3,(H,22,26). The van der Waals surface area contributed by atoms with E-state index in [1.54, 1.807) is 16.9 Å². The summed E-state index contributed by atoms with van der Waals surface area (Å²) in [6.07, 6.45) is 6.51. The number of carbonyl (C=O) groups is 1. The van der Waals surface area contributed by atoms with E-state index in [-0.39, 0.29) is 5.91 Å². The zero-order valence-electron chi connectivity index (χ0n) is 15.3. The van der Waals surface area contributed by atoms with Gasteiger partial charge in [0.2, 0.25) is 0 Å². The summed E-state index contributed by atoms with van der Waals surface area (Å²) in [4.78, 5) is 14.8. The molecular formula is C20H27ClN4O. The number of hydrogen-bond acceptors (Lipinski definition) is 3. The van der Waals surface area contributed by atoms with Crippen LogP contribution in [0.25, 0.3) is 5.69 Å². The van der Waals surface area contributed by atoms with Crippen molar-refractivity contribution in [1.82, 2.24) is 20.0 Å². The third-order valence-corrected chi connectivity index (χ3v) is 5.19. The molecule has 0 unspecified atom stereocenters. The normalized spacial score (nSPS) is 15.9. The number of hydrogen-bond donors (Lipinski definition) is 1. The van der Waals surface area contributed by atoms with Crippen LogP contribution in [0.4, 0.5) is 0 Å². The molecule has 1 aliphatic heterocycles. The second-order valence-electron chi connectivity index (χ2n) is 7.11. The highest BCUT2D eigenvalue weighted by molar-refractivity contribution is 6.30. The van der Waals surface area contributed by atoms with Crippen LogP contribution in [0.2, 0.25) is 5.02 Å². The Morgan fingerprint density at radius 1 is 1.27 bits per heavy atom. The van der Waals surface area contributed by atoms with Gasteiger partial charge in [0, 0.05) is 17.8 Å². The molecule has 1 N–H and O–H groups in total. The molecule has 0 aliphatic carbocycles. The van der Waals surface area contributed by atoms with Crippen LogP contribution < -0.4 is 5.32 Å². The van der Waals surface area contributed by atoms with Crippen molar-refractivity contribution in [2.75, 3.05) is 26.2 Å². The Morgan fingerprint density at radius 2 is 2.08 bits per heavy atom. The van der Waals surface area contributed by atoms with E-state index < -0.39 is 0 Å². The second kappa shape index (κ2) is 9.19. The molecular weight excluding hydrogens is 348 g/mol. The van der Waals surface area contributed by atoms with E-state index in [0.29, 0.717) is 17.3 Å². The molecule has 0 bridgehead atoms. The summed E-state index contributed by atoms with van der Waals surface area (Å²) in [6.45, 7) is 6.59. The molecule has 1 amide bonds. The van der Waals surface area contributed by atoms with Crippen LogP contribution in [0.1, 0.15) is 43.1 Å². The number of halogens is 1. The minimum Gasteiger partial charge on any atom is -0.351 e. The van der Waals surface area contributed by atoms with Gasteiger partial charge in [0.25, 0.3) is 5.91 Å². The number of likely N-dealkylation sites (tertiary alicyclic amines) is 1. The van der Waals surface area contributed by atoms with E-state index in [1.807, 2.05) is 24.3 Å². The van der Waals surface area contributed by atoms with Crippen LogP contribution in [0.15, 0.2) is 36.5 Å². The van der Waals surface area contributed by atoms with Crippen molar-refractivity contribution in [3.05, 3.63) is 47.2 Å². The molecule has 0 atom stereocenters. The molecule has 0 spiro atoms. The Morgan fingerprint density at radius 3 is 2.85 bits per heavy atom. The van der Waals surface area contributed by atoms with E-state index >= 15 is 0 Å². The molecule has 2 aromatic rings. The van der Waals surface area contributed by atoms with Gasteiger partial charge in [-0.15, -0.1) is 0 Å². The Labute approximate surface area is 160 Å². The van der Waals surface area contributed by atoms with Gasteiger partial charge in [0.15, 0.2) is 5.69 Å². The average Bonchev–Trinajstić information content (AvgIpc) is 3.13. The number of nitrogens with one attached hydrogen (secondary N) is 1. The summed E-state index contributed by atoms with van der Waals surface area (Å²) in [6, 6.07) is 9.12. The number of rotatable bonds is 7. The first kappa shape index (κ1) is 18.9. The number of aromatic nitrogens is 2. The van der Waals surface area contributed by atoms with Gasteiger partial charge in [0.1, 0.15) is 0 Å². The predicted molar refractivity (Wildman–Crippen MR) is 105 cm³/mol. The summed E-state index contributed by atoms with van der Waals surface area (Å²) in [7, 11) is 0. The van der Waals surface area contributed by atoms with Crippen molar-refractivity contribution in [2.45, 2.75) is 32.6 Å². The zero-order chi connectivity index (χ0) is 18.4.